The van der Waals surface area contributed by atoms with Crippen molar-refractivity contribution < 1.29 is 17.5 Å². The molecule has 2 heterocycles. The first-order valence-electron chi connectivity index (χ1n) is 7.74. The van der Waals surface area contributed by atoms with Crippen LogP contribution in [0.1, 0.15) is 18.9 Å². The van der Waals surface area contributed by atoms with Gasteiger partial charge >= 0.3 is 0 Å². The molecule has 2 aliphatic rings. The Morgan fingerprint density at radius 3 is 2.77 bits per heavy atom. The van der Waals surface area contributed by atoms with Gasteiger partial charge in [0.15, 0.2) is 9.84 Å². The zero-order chi connectivity index (χ0) is 15.8. The van der Waals surface area contributed by atoms with E-state index in [2.05, 4.69) is 0 Å². The van der Waals surface area contributed by atoms with Crippen LogP contribution in [0.25, 0.3) is 0 Å². The molecule has 0 saturated carbocycles. The Bertz CT molecular complexity index is 641. The molecule has 1 atom stereocenters. The van der Waals surface area contributed by atoms with Gasteiger partial charge in [0.25, 0.3) is 0 Å². The highest BCUT2D eigenvalue weighted by molar-refractivity contribution is 7.93. The molecule has 3 rings (SSSR count). The lowest BCUT2D eigenvalue weighted by Crippen LogP contribution is -2.67. The van der Waals surface area contributed by atoms with Crippen LogP contribution in [0.15, 0.2) is 24.3 Å². The van der Waals surface area contributed by atoms with E-state index in [1.54, 1.807) is 18.2 Å². The molecule has 6 heteroatoms. The van der Waals surface area contributed by atoms with E-state index >= 15 is 0 Å². The largest absolute Gasteiger partial charge is 0.381 e. The maximum atomic E-state index is 13.7. The Balaban J connectivity index is 1.70. The molecule has 0 radical (unpaired) electrons. The molecule has 22 heavy (non-hydrogen) atoms. The topological polar surface area (TPSA) is 46.6 Å². The summed E-state index contributed by atoms with van der Waals surface area (Å²) >= 11 is 0. The van der Waals surface area contributed by atoms with Crippen molar-refractivity contribution in [2.45, 2.75) is 24.6 Å². The van der Waals surface area contributed by atoms with Gasteiger partial charge in [-0.15, -0.1) is 0 Å². The zero-order valence-electron chi connectivity index (χ0n) is 12.8. The first-order chi connectivity index (χ1) is 10.5. The summed E-state index contributed by atoms with van der Waals surface area (Å²) in [5, 5.41) is 0. The molecule has 0 aromatic heterocycles. The fourth-order valence-electron chi connectivity index (χ4n) is 3.66. The summed E-state index contributed by atoms with van der Waals surface area (Å²) in [6, 6.07) is 6.66. The predicted octanol–water partition coefficient (Wildman–Crippen LogP) is 1.85. The number of sulfone groups is 1. The van der Waals surface area contributed by atoms with Gasteiger partial charge in [-0.1, -0.05) is 18.2 Å². The van der Waals surface area contributed by atoms with E-state index < -0.39 is 14.6 Å². The van der Waals surface area contributed by atoms with E-state index in [0.717, 1.165) is 0 Å². The lowest BCUT2D eigenvalue weighted by molar-refractivity contribution is 0.0287. The maximum Gasteiger partial charge on any atom is 0.158 e. The Kier molecular flexibility index (Phi) is 4.27. The highest BCUT2D eigenvalue weighted by Crippen LogP contribution is 2.45. The number of hydrogen-bond acceptors (Lipinski definition) is 4. The molecule has 1 aromatic rings. The van der Waals surface area contributed by atoms with Crippen molar-refractivity contribution in [1.29, 1.82) is 0 Å². The van der Waals surface area contributed by atoms with E-state index in [9.17, 15) is 12.8 Å². The normalized spacial score (nSPS) is 26.2. The van der Waals surface area contributed by atoms with Crippen LogP contribution in [0.5, 0.6) is 0 Å². The molecule has 0 bridgehead atoms. The van der Waals surface area contributed by atoms with Crippen molar-refractivity contribution >= 4 is 9.84 Å². The van der Waals surface area contributed by atoms with Gasteiger partial charge in [0.05, 0.1) is 12.4 Å². The van der Waals surface area contributed by atoms with Gasteiger partial charge in [0, 0.05) is 37.7 Å². The minimum Gasteiger partial charge on any atom is -0.381 e. The Labute approximate surface area is 131 Å². The third kappa shape index (κ3) is 2.57. The van der Waals surface area contributed by atoms with Crippen molar-refractivity contribution in [1.82, 2.24) is 4.90 Å². The molecule has 0 N–H and O–H groups in total. The van der Waals surface area contributed by atoms with Gasteiger partial charge in [-0.05, 0) is 19.4 Å². The van der Waals surface area contributed by atoms with Gasteiger partial charge in [-0.2, -0.15) is 0 Å². The zero-order valence-corrected chi connectivity index (χ0v) is 13.6. The van der Waals surface area contributed by atoms with Crippen LogP contribution < -0.4 is 0 Å². The van der Waals surface area contributed by atoms with Crippen LogP contribution in [-0.2, 0) is 21.1 Å². The van der Waals surface area contributed by atoms with E-state index in [1.165, 1.54) is 6.07 Å². The molecule has 1 spiro atoms. The number of benzene rings is 1. The highest BCUT2D eigenvalue weighted by Gasteiger charge is 2.61. The molecule has 0 aliphatic carbocycles. The first-order valence-corrected chi connectivity index (χ1v) is 9.39. The third-order valence-corrected chi connectivity index (χ3v) is 7.56. The highest BCUT2D eigenvalue weighted by atomic mass is 32.2. The van der Waals surface area contributed by atoms with Crippen molar-refractivity contribution in [2.24, 2.45) is 5.92 Å². The Hall–Kier alpha value is -0.980. The summed E-state index contributed by atoms with van der Waals surface area (Å²) in [6.07, 6.45) is 0.676. The predicted molar refractivity (Wildman–Crippen MR) is 82.8 cm³/mol. The molecule has 0 amide bonds. The average Bonchev–Trinajstić information content (AvgIpc) is 2.70. The van der Waals surface area contributed by atoms with Crippen LogP contribution in [0.3, 0.4) is 0 Å². The lowest BCUT2D eigenvalue weighted by Gasteiger charge is -2.50. The molecule has 4 nitrogen and oxygen atoms in total. The summed E-state index contributed by atoms with van der Waals surface area (Å²) in [4.78, 5) is 2.01. The second kappa shape index (κ2) is 5.91. The SMILES string of the molecule is CCOC[C@@H]1CCS(=O)(=O)C12CN(Cc1ccccc1F)C2. The Morgan fingerprint density at radius 2 is 2.09 bits per heavy atom. The van der Waals surface area contributed by atoms with Gasteiger partial charge in [-0.3, -0.25) is 4.90 Å². The Morgan fingerprint density at radius 1 is 1.36 bits per heavy atom. The van der Waals surface area contributed by atoms with Crippen molar-refractivity contribution in [3.8, 4) is 0 Å². The van der Waals surface area contributed by atoms with Gasteiger partial charge in [-0.25, -0.2) is 12.8 Å². The molecule has 2 fully saturated rings. The van der Waals surface area contributed by atoms with Gasteiger partial charge in [0.2, 0.25) is 0 Å². The minimum atomic E-state index is -3.08. The number of halogens is 1. The second-order valence-electron chi connectivity index (χ2n) is 6.27. The van der Waals surface area contributed by atoms with Crippen LogP contribution in [0.4, 0.5) is 4.39 Å². The maximum absolute atomic E-state index is 13.7. The van der Waals surface area contributed by atoms with Crippen LogP contribution in [0.2, 0.25) is 0 Å². The summed E-state index contributed by atoms with van der Waals surface area (Å²) in [7, 11) is -3.08. The standard InChI is InChI=1S/C16H22FNO3S/c1-2-21-10-14-7-8-22(19,20)16(14)11-18(12-16)9-13-5-3-4-6-15(13)17/h3-6,14H,2,7-12H2,1H3/t14-/m0/s1. The molecular formula is C16H22FNO3S. The number of likely N-dealkylation sites (tertiary alicyclic amines) is 1. The average molecular weight is 327 g/mol. The number of rotatable bonds is 5. The van der Waals surface area contributed by atoms with Gasteiger partial charge in [0.1, 0.15) is 10.6 Å². The number of nitrogens with zero attached hydrogens (tertiary/aromatic N) is 1. The summed E-state index contributed by atoms with van der Waals surface area (Å²) in [6.45, 7) is 4.46. The van der Waals surface area contributed by atoms with Crippen molar-refractivity contribution in [3.63, 3.8) is 0 Å². The van der Waals surface area contributed by atoms with E-state index in [4.69, 9.17) is 4.74 Å². The lowest BCUT2D eigenvalue weighted by atomic mass is 9.83. The van der Waals surface area contributed by atoms with E-state index in [1.807, 2.05) is 11.8 Å². The van der Waals surface area contributed by atoms with Crippen molar-refractivity contribution in [3.05, 3.63) is 35.6 Å². The monoisotopic (exact) mass is 327 g/mol. The minimum absolute atomic E-state index is 0.0642. The second-order valence-corrected chi connectivity index (χ2v) is 8.72. The summed E-state index contributed by atoms with van der Waals surface area (Å²) in [5.74, 6) is 0.0797. The van der Waals surface area contributed by atoms with Crippen LogP contribution >= 0.6 is 0 Å². The third-order valence-electron chi connectivity index (χ3n) is 4.96. The molecule has 2 aliphatic heterocycles. The van der Waals surface area contributed by atoms with Crippen LogP contribution in [-0.4, -0.2) is 50.1 Å². The fraction of sp³-hybridized carbons (Fsp3) is 0.625. The molecular weight excluding hydrogens is 305 g/mol. The van der Waals surface area contributed by atoms with E-state index in [-0.39, 0.29) is 17.5 Å². The smallest absolute Gasteiger partial charge is 0.158 e. The van der Waals surface area contributed by atoms with Gasteiger partial charge < -0.3 is 4.74 Å². The first kappa shape index (κ1) is 15.9. The number of hydrogen-bond donors (Lipinski definition) is 0. The molecule has 122 valence electrons. The molecule has 0 unspecified atom stereocenters. The fourth-order valence-corrected chi connectivity index (χ4v) is 6.11. The number of ether oxygens (including phenoxy) is 1. The van der Waals surface area contributed by atoms with Crippen molar-refractivity contribution in [2.75, 3.05) is 32.1 Å². The summed E-state index contributed by atoms with van der Waals surface area (Å²) in [5.41, 5.74) is 0.620. The molecule has 1 aromatic carbocycles. The van der Waals surface area contributed by atoms with E-state index in [0.29, 0.717) is 44.8 Å². The summed E-state index contributed by atoms with van der Waals surface area (Å²) < 4.78 is 43.4. The quantitative estimate of drug-likeness (QED) is 0.828. The molecule has 2 saturated heterocycles. The van der Waals surface area contributed by atoms with Crippen LogP contribution in [0, 0.1) is 11.7 Å².